The number of likely N-dealkylation sites (tertiary alicyclic amines) is 1. The van der Waals surface area contributed by atoms with Crippen molar-refractivity contribution in [1.29, 1.82) is 0 Å². The van der Waals surface area contributed by atoms with Gasteiger partial charge in [-0.25, -0.2) is 9.48 Å². The van der Waals surface area contributed by atoms with Crippen LogP contribution in [0.2, 0.25) is 0 Å². The van der Waals surface area contributed by atoms with Gasteiger partial charge >= 0.3 is 6.09 Å². The molecule has 49 heavy (non-hydrogen) atoms. The predicted molar refractivity (Wildman–Crippen MR) is 178 cm³/mol. The minimum Gasteiger partial charge on any atom is -0.467 e. The van der Waals surface area contributed by atoms with Crippen LogP contribution < -0.4 is 15.4 Å². The number of para-hydroxylation sites is 1. The van der Waals surface area contributed by atoms with E-state index < -0.39 is 24.1 Å². The van der Waals surface area contributed by atoms with Crippen molar-refractivity contribution in [2.24, 2.45) is 5.92 Å². The summed E-state index contributed by atoms with van der Waals surface area (Å²) < 4.78 is 7.46. The van der Waals surface area contributed by atoms with E-state index in [0.29, 0.717) is 31.0 Å². The molecule has 14 nitrogen and oxygen atoms in total. The highest BCUT2D eigenvalue weighted by Crippen LogP contribution is 2.29. The van der Waals surface area contributed by atoms with E-state index in [2.05, 4.69) is 15.7 Å². The molecule has 5 amide bonds. The van der Waals surface area contributed by atoms with Crippen molar-refractivity contribution < 1.29 is 33.8 Å². The third-order valence-electron chi connectivity index (χ3n) is 10.3. The van der Waals surface area contributed by atoms with Crippen LogP contribution in [0.25, 0.3) is 5.69 Å². The summed E-state index contributed by atoms with van der Waals surface area (Å²) in [7, 11) is 0. The van der Waals surface area contributed by atoms with Crippen LogP contribution in [0, 0.1) is 5.92 Å². The molecule has 0 radical (unpaired) electrons. The van der Waals surface area contributed by atoms with Crippen LogP contribution in [0.3, 0.4) is 0 Å². The SMILES string of the molecule is O=C(NC(CC1CCCCC1)C(=O)N1CCN(C(=O)O)CC1)c1cc(OCC(=O)N2CCCC2C(=O)NC2CCC2)n(-c2ccccc2)n1. The predicted octanol–water partition coefficient (Wildman–Crippen LogP) is 2.80. The van der Waals surface area contributed by atoms with Gasteiger partial charge in [-0.15, -0.1) is 0 Å². The molecular formula is C35H47N7O7. The van der Waals surface area contributed by atoms with Crippen molar-refractivity contribution in [3.63, 3.8) is 0 Å². The zero-order valence-corrected chi connectivity index (χ0v) is 27.9. The van der Waals surface area contributed by atoms with E-state index in [1.54, 1.807) is 21.9 Å². The number of rotatable bonds is 11. The van der Waals surface area contributed by atoms with E-state index in [9.17, 15) is 29.1 Å². The lowest BCUT2D eigenvalue weighted by molar-refractivity contribution is -0.140. The second-order valence-corrected chi connectivity index (χ2v) is 13.6. The van der Waals surface area contributed by atoms with Gasteiger partial charge in [-0.3, -0.25) is 19.2 Å². The van der Waals surface area contributed by atoms with E-state index in [0.717, 1.165) is 57.8 Å². The van der Waals surface area contributed by atoms with Crippen LogP contribution in [0.1, 0.15) is 81.1 Å². The third kappa shape index (κ3) is 8.34. The number of aromatic nitrogens is 2. The lowest BCUT2D eigenvalue weighted by atomic mass is 9.84. The number of nitrogens with zero attached hydrogens (tertiary/aromatic N) is 5. The second-order valence-electron chi connectivity index (χ2n) is 13.6. The molecule has 3 heterocycles. The van der Waals surface area contributed by atoms with Gasteiger partial charge in [-0.2, -0.15) is 5.10 Å². The van der Waals surface area contributed by atoms with Crippen LogP contribution in [0.4, 0.5) is 4.79 Å². The van der Waals surface area contributed by atoms with Crippen molar-refractivity contribution in [3.8, 4) is 11.6 Å². The van der Waals surface area contributed by atoms with E-state index in [4.69, 9.17) is 4.74 Å². The highest BCUT2D eigenvalue weighted by atomic mass is 16.5. The fourth-order valence-electron chi connectivity index (χ4n) is 7.29. The Balaban J connectivity index is 1.16. The van der Waals surface area contributed by atoms with Crippen LogP contribution in [0.5, 0.6) is 5.88 Å². The summed E-state index contributed by atoms with van der Waals surface area (Å²) >= 11 is 0. The number of piperazine rings is 1. The Morgan fingerprint density at radius 3 is 2.24 bits per heavy atom. The molecule has 1 aromatic carbocycles. The van der Waals surface area contributed by atoms with E-state index in [1.807, 2.05) is 18.2 Å². The standard InChI is InChI=1S/C35H47N7O7/c43-30(41-16-8-15-29(41)33(45)36-25-11-7-12-25)23-49-31-22-27(38-42(31)26-13-5-2-6-14-26)32(44)37-28(21-24-9-3-1-4-10-24)34(46)39-17-19-40(20-18-39)35(47)48/h2,5-6,13-14,22,24-25,28-29H,1,3-4,7-12,15-21,23H2,(H,36,45)(H,37,44)(H,47,48). The van der Waals surface area contributed by atoms with Crippen molar-refractivity contribution in [2.75, 3.05) is 39.3 Å². The Bertz CT molecular complexity index is 1500. The van der Waals surface area contributed by atoms with Gasteiger partial charge in [0.2, 0.25) is 17.7 Å². The minimum absolute atomic E-state index is 0.0300. The molecule has 0 bridgehead atoms. The van der Waals surface area contributed by atoms with Gasteiger partial charge in [0.1, 0.15) is 12.1 Å². The van der Waals surface area contributed by atoms with Gasteiger partial charge in [0.05, 0.1) is 5.69 Å². The fourth-order valence-corrected chi connectivity index (χ4v) is 7.29. The summed E-state index contributed by atoms with van der Waals surface area (Å²) in [4.78, 5) is 69.7. The third-order valence-corrected chi connectivity index (χ3v) is 10.3. The monoisotopic (exact) mass is 677 g/mol. The van der Waals surface area contributed by atoms with Gasteiger partial charge in [-0.1, -0.05) is 50.3 Å². The van der Waals surface area contributed by atoms with Gasteiger partial charge in [0.25, 0.3) is 11.8 Å². The van der Waals surface area contributed by atoms with Gasteiger partial charge < -0.3 is 35.2 Å². The molecule has 2 aliphatic carbocycles. The summed E-state index contributed by atoms with van der Waals surface area (Å²) in [5.41, 5.74) is 0.649. The van der Waals surface area contributed by atoms with Crippen molar-refractivity contribution in [3.05, 3.63) is 42.1 Å². The number of carbonyl (C=O) groups excluding carboxylic acids is 4. The number of nitrogens with one attached hydrogen (secondary N) is 2. The Morgan fingerprint density at radius 2 is 1.57 bits per heavy atom. The van der Waals surface area contributed by atoms with Gasteiger partial charge in [-0.05, 0) is 56.6 Å². The Labute approximate surface area is 286 Å². The number of benzene rings is 1. The topological polar surface area (TPSA) is 166 Å². The van der Waals surface area contributed by atoms with Gasteiger partial charge in [0, 0.05) is 44.8 Å². The van der Waals surface area contributed by atoms with Crippen molar-refractivity contribution in [2.45, 2.75) is 88.8 Å². The summed E-state index contributed by atoms with van der Waals surface area (Å²) in [6.07, 6.45) is 9.16. The number of hydrogen-bond acceptors (Lipinski definition) is 7. The quantitative estimate of drug-likeness (QED) is 0.327. The number of amides is 5. The number of carboxylic acid groups (broad SMARTS) is 1. The zero-order chi connectivity index (χ0) is 34.3. The molecule has 1 aromatic heterocycles. The number of ether oxygens (including phenoxy) is 1. The molecule has 2 aliphatic heterocycles. The first-order valence-electron chi connectivity index (χ1n) is 17.7. The second kappa shape index (κ2) is 15.7. The first-order chi connectivity index (χ1) is 23.8. The summed E-state index contributed by atoms with van der Waals surface area (Å²) in [5, 5.41) is 19.9. The Hall–Kier alpha value is -4.62. The highest BCUT2D eigenvalue weighted by molar-refractivity contribution is 5.96. The molecule has 3 N–H and O–H groups in total. The van der Waals surface area contributed by atoms with Crippen LogP contribution in [-0.2, 0) is 14.4 Å². The average molecular weight is 678 g/mol. The molecular weight excluding hydrogens is 630 g/mol. The first kappa shape index (κ1) is 34.3. The molecule has 2 saturated carbocycles. The maximum atomic E-state index is 13.8. The van der Waals surface area contributed by atoms with E-state index in [1.165, 1.54) is 15.6 Å². The zero-order valence-electron chi connectivity index (χ0n) is 27.9. The summed E-state index contributed by atoms with van der Waals surface area (Å²) in [6.45, 7) is 1.09. The summed E-state index contributed by atoms with van der Waals surface area (Å²) in [6, 6.07) is 9.44. The van der Waals surface area contributed by atoms with E-state index in [-0.39, 0.29) is 68.1 Å². The number of carbonyl (C=O) groups is 5. The fraction of sp³-hybridized carbons (Fsp3) is 0.600. The van der Waals surface area contributed by atoms with Crippen LogP contribution in [0.15, 0.2) is 36.4 Å². The largest absolute Gasteiger partial charge is 0.467 e. The molecule has 2 saturated heterocycles. The molecule has 2 unspecified atom stereocenters. The molecule has 4 fully saturated rings. The molecule has 4 aliphatic rings. The Morgan fingerprint density at radius 1 is 0.857 bits per heavy atom. The normalized spacial score (nSPS) is 20.7. The average Bonchev–Trinajstić information content (AvgIpc) is 3.77. The van der Waals surface area contributed by atoms with Crippen molar-refractivity contribution >= 4 is 29.7 Å². The molecule has 2 aromatic rings. The Kier molecular flexibility index (Phi) is 11.0. The van der Waals surface area contributed by atoms with Gasteiger partial charge in [0.15, 0.2) is 12.3 Å². The minimum atomic E-state index is -1.01. The summed E-state index contributed by atoms with van der Waals surface area (Å²) in [5.74, 6) is -0.741. The highest BCUT2D eigenvalue weighted by Gasteiger charge is 2.36. The lowest BCUT2D eigenvalue weighted by Gasteiger charge is -2.36. The number of hydrogen-bond donors (Lipinski definition) is 3. The molecule has 14 heteroatoms. The molecule has 0 spiro atoms. The van der Waals surface area contributed by atoms with Crippen LogP contribution >= 0.6 is 0 Å². The first-order valence-corrected chi connectivity index (χ1v) is 17.7. The maximum Gasteiger partial charge on any atom is 0.407 e. The van der Waals surface area contributed by atoms with E-state index >= 15 is 0 Å². The lowest BCUT2D eigenvalue weighted by Crippen LogP contribution is -2.56. The molecule has 6 rings (SSSR count). The molecule has 2 atom stereocenters. The van der Waals surface area contributed by atoms with Crippen molar-refractivity contribution in [1.82, 2.24) is 35.1 Å². The molecule has 264 valence electrons. The maximum absolute atomic E-state index is 13.8. The smallest absolute Gasteiger partial charge is 0.407 e. The van der Waals surface area contributed by atoms with Crippen LogP contribution in [-0.4, -0.2) is 117 Å².